The number of halogens is 1. The number of aromatic nitrogens is 1. The Morgan fingerprint density at radius 1 is 1.36 bits per heavy atom. The van der Waals surface area contributed by atoms with Crippen LogP contribution >= 0.6 is 15.9 Å². The zero-order chi connectivity index (χ0) is 9.97. The molecule has 0 amide bonds. The van der Waals surface area contributed by atoms with E-state index in [0.717, 1.165) is 10.3 Å². The summed E-state index contributed by atoms with van der Waals surface area (Å²) in [5, 5.41) is 0. The van der Waals surface area contributed by atoms with Gasteiger partial charge in [0.1, 0.15) is 4.60 Å². The van der Waals surface area contributed by atoms with E-state index in [-0.39, 0.29) is 6.04 Å². The second-order valence-corrected chi connectivity index (χ2v) is 4.77. The standard InChI is InChI=1S/C11H15BrN2/c12-10-7-3-6-9(14-10)11(13)8-4-1-2-5-8/h3,6-8,11H,1-2,4-5,13H2/t11-/m0/s1. The van der Waals surface area contributed by atoms with Crippen LogP contribution in [-0.4, -0.2) is 4.98 Å². The monoisotopic (exact) mass is 254 g/mol. The summed E-state index contributed by atoms with van der Waals surface area (Å²) in [7, 11) is 0. The summed E-state index contributed by atoms with van der Waals surface area (Å²) in [6.07, 6.45) is 5.17. The summed E-state index contributed by atoms with van der Waals surface area (Å²) >= 11 is 3.37. The van der Waals surface area contributed by atoms with Gasteiger partial charge in [0.2, 0.25) is 0 Å². The third kappa shape index (κ3) is 2.15. The Balaban J connectivity index is 2.13. The smallest absolute Gasteiger partial charge is 0.106 e. The van der Waals surface area contributed by atoms with Gasteiger partial charge in [0.15, 0.2) is 0 Å². The molecule has 0 aromatic carbocycles. The van der Waals surface area contributed by atoms with Crippen LogP contribution in [0.5, 0.6) is 0 Å². The second-order valence-electron chi connectivity index (χ2n) is 3.96. The van der Waals surface area contributed by atoms with E-state index in [2.05, 4.69) is 20.9 Å². The average molecular weight is 255 g/mol. The van der Waals surface area contributed by atoms with Crippen LogP contribution in [0.4, 0.5) is 0 Å². The highest BCUT2D eigenvalue weighted by Gasteiger charge is 2.23. The first-order valence-corrected chi connectivity index (χ1v) is 5.95. The van der Waals surface area contributed by atoms with Crippen LogP contribution in [0.25, 0.3) is 0 Å². The van der Waals surface area contributed by atoms with E-state index in [1.54, 1.807) is 0 Å². The van der Waals surface area contributed by atoms with Crippen LogP contribution in [0.15, 0.2) is 22.8 Å². The van der Waals surface area contributed by atoms with Gasteiger partial charge in [0.25, 0.3) is 0 Å². The molecule has 1 atom stereocenters. The van der Waals surface area contributed by atoms with Crippen molar-refractivity contribution in [3.05, 3.63) is 28.5 Å². The zero-order valence-corrected chi connectivity index (χ0v) is 9.70. The molecule has 2 nitrogen and oxygen atoms in total. The summed E-state index contributed by atoms with van der Waals surface area (Å²) in [5.41, 5.74) is 7.21. The Morgan fingerprint density at radius 3 is 2.71 bits per heavy atom. The maximum Gasteiger partial charge on any atom is 0.106 e. The molecule has 1 saturated carbocycles. The van der Waals surface area contributed by atoms with Gasteiger partial charge in [-0.1, -0.05) is 18.9 Å². The van der Waals surface area contributed by atoms with Gasteiger partial charge in [0, 0.05) is 6.04 Å². The van der Waals surface area contributed by atoms with Crippen molar-refractivity contribution in [1.82, 2.24) is 4.98 Å². The lowest BCUT2D eigenvalue weighted by molar-refractivity contribution is 0.436. The molecule has 0 spiro atoms. The maximum atomic E-state index is 6.19. The fraction of sp³-hybridized carbons (Fsp3) is 0.545. The minimum absolute atomic E-state index is 0.120. The van der Waals surface area contributed by atoms with Gasteiger partial charge in [-0.05, 0) is 46.8 Å². The van der Waals surface area contributed by atoms with Crippen LogP contribution in [-0.2, 0) is 0 Å². The minimum Gasteiger partial charge on any atom is -0.322 e. The Morgan fingerprint density at radius 2 is 2.07 bits per heavy atom. The second kappa shape index (κ2) is 4.41. The molecular formula is C11H15BrN2. The van der Waals surface area contributed by atoms with Crippen LogP contribution in [0.2, 0.25) is 0 Å². The topological polar surface area (TPSA) is 38.9 Å². The Bertz CT molecular complexity index is 308. The average Bonchev–Trinajstić information content (AvgIpc) is 2.69. The van der Waals surface area contributed by atoms with E-state index in [0.29, 0.717) is 5.92 Å². The quantitative estimate of drug-likeness (QED) is 0.825. The molecule has 1 fully saturated rings. The minimum atomic E-state index is 0.120. The fourth-order valence-electron chi connectivity index (χ4n) is 2.17. The molecule has 1 aromatic heterocycles. The van der Waals surface area contributed by atoms with Gasteiger partial charge >= 0.3 is 0 Å². The van der Waals surface area contributed by atoms with Gasteiger partial charge in [-0.2, -0.15) is 0 Å². The number of nitrogens with zero attached hydrogens (tertiary/aromatic N) is 1. The van der Waals surface area contributed by atoms with Gasteiger partial charge in [-0.25, -0.2) is 4.98 Å². The van der Waals surface area contributed by atoms with E-state index in [4.69, 9.17) is 5.73 Å². The predicted octanol–water partition coefficient (Wildman–Crippen LogP) is 3.03. The molecule has 0 unspecified atom stereocenters. The lowest BCUT2D eigenvalue weighted by Crippen LogP contribution is -2.20. The number of rotatable bonds is 2. The molecule has 76 valence electrons. The summed E-state index contributed by atoms with van der Waals surface area (Å²) in [6, 6.07) is 6.08. The lowest BCUT2D eigenvalue weighted by Gasteiger charge is -2.18. The summed E-state index contributed by atoms with van der Waals surface area (Å²) in [5.74, 6) is 0.636. The van der Waals surface area contributed by atoms with Crippen molar-refractivity contribution < 1.29 is 0 Å². The molecular weight excluding hydrogens is 240 g/mol. The summed E-state index contributed by atoms with van der Waals surface area (Å²) < 4.78 is 0.878. The highest BCUT2D eigenvalue weighted by Crippen LogP contribution is 2.33. The van der Waals surface area contributed by atoms with Crippen LogP contribution in [0.3, 0.4) is 0 Å². The van der Waals surface area contributed by atoms with Gasteiger partial charge in [-0.15, -0.1) is 0 Å². The van der Waals surface area contributed by atoms with Crippen molar-refractivity contribution in [1.29, 1.82) is 0 Å². The van der Waals surface area contributed by atoms with E-state index in [9.17, 15) is 0 Å². The predicted molar refractivity (Wildman–Crippen MR) is 60.8 cm³/mol. The van der Waals surface area contributed by atoms with Crippen LogP contribution in [0, 0.1) is 5.92 Å². The van der Waals surface area contributed by atoms with Gasteiger partial charge < -0.3 is 5.73 Å². The summed E-state index contributed by atoms with van der Waals surface area (Å²) in [6.45, 7) is 0. The highest BCUT2D eigenvalue weighted by atomic mass is 79.9. The lowest BCUT2D eigenvalue weighted by atomic mass is 9.96. The number of nitrogens with two attached hydrogens (primary N) is 1. The van der Waals surface area contributed by atoms with E-state index < -0.39 is 0 Å². The van der Waals surface area contributed by atoms with Crippen molar-refractivity contribution >= 4 is 15.9 Å². The van der Waals surface area contributed by atoms with Crippen molar-refractivity contribution in [3.8, 4) is 0 Å². The molecule has 3 heteroatoms. The van der Waals surface area contributed by atoms with Gasteiger partial charge in [0.05, 0.1) is 5.69 Å². The van der Waals surface area contributed by atoms with Crippen LogP contribution in [0.1, 0.15) is 37.4 Å². The first-order valence-electron chi connectivity index (χ1n) is 5.15. The zero-order valence-electron chi connectivity index (χ0n) is 8.12. The van der Waals surface area contributed by atoms with Crippen molar-refractivity contribution in [2.45, 2.75) is 31.7 Å². The van der Waals surface area contributed by atoms with E-state index in [1.165, 1.54) is 25.7 Å². The first kappa shape index (κ1) is 10.1. The molecule has 0 aliphatic heterocycles. The molecule has 0 saturated heterocycles. The van der Waals surface area contributed by atoms with Crippen molar-refractivity contribution in [2.75, 3.05) is 0 Å². The molecule has 2 N–H and O–H groups in total. The molecule has 1 aliphatic carbocycles. The molecule has 0 radical (unpaired) electrons. The molecule has 0 bridgehead atoms. The third-order valence-electron chi connectivity index (χ3n) is 2.99. The molecule has 1 aliphatic rings. The number of pyridine rings is 1. The normalized spacial score (nSPS) is 19.9. The van der Waals surface area contributed by atoms with Crippen LogP contribution < -0.4 is 5.73 Å². The molecule has 1 heterocycles. The highest BCUT2D eigenvalue weighted by molar-refractivity contribution is 9.10. The number of hydrogen-bond donors (Lipinski definition) is 1. The Kier molecular flexibility index (Phi) is 3.19. The maximum absolute atomic E-state index is 6.19. The Labute approximate surface area is 93.0 Å². The Hall–Kier alpha value is -0.410. The first-order chi connectivity index (χ1) is 6.77. The number of hydrogen-bond acceptors (Lipinski definition) is 2. The SMILES string of the molecule is N[C@H](c1cccc(Br)n1)C1CCCC1. The molecule has 2 rings (SSSR count). The fourth-order valence-corrected chi connectivity index (χ4v) is 2.52. The largest absolute Gasteiger partial charge is 0.322 e. The van der Waals surface area contributed by atoms with E-state index in [1.807, 2.05) is 18.2 Å². The molecule has 14 heavy (non-hydrogen) atoms. The van der Waals surface area contributed by atoms with Gasteiger partial charge in [-0.3, -0.25) is 0 Å². The third-order valence-corrected chi connectivity index (χ3v) is 3.43. The van der Waals surface area contributed by atoms with Crippen molar-refractivity contribution in [2.24, 2.45) is 11.7 Å². The van der Waals surface area contributed by atoms with E-state index >= 15 is 0 Å². The molecule has 1 aromatic rings. The summed E-state index contributed by atoms with van der Waals surface area (Å²) in [4.78, 5) is 4.41. The van der Waals surface area contributed by atoms with Crippen molar-refractivity contribution in [3.63, 3.8) is 0 Å².